The van der Waals surface area contributed by atoms with Crippen molar-refractivity contribution in [3.63, 3.8) is 0 Å². The highest BCUT2D eigenvalue weighted by molar-refractivity contribution is 7.89. The van der Waals surface area contributed by atoms with Crippen LogP contribution in [0, 0.1) is 0 Å². The zero-order chi connectivity index (χ0) is 11.6. The molecule has 1 unspecified atom stereocenters. The monoisotopic (exact) mass is 233 g/mol. The third-order valence-corrected chi connectivity index (χ3v) is 3.69. The summed E-state index contributed by atoms with van der Waals surface area (Å²) in [5, 5.41) is 12.9. The molecule has 1 heterocycles. The molecule has 0 aromatic carbocycles. The third-order valence-electron chi connectivity index (χ3n) is 1.91. The number of aliphatic hydroxyl groups excluding tert-OH is 1. The maximum Gasteiger partial charge on any atom is 0.246 e. The Morgan fingerprint density at radius 3 is 2.67 bits per heavy atom. The minimum Gasteiger partial charge on any atom is -0.392 e. The van der Waals surface area contributed by atoms with Gasteiger partial charge in [0.2, 0.25) is 10.0 Å². The predicted octanol–water partition coefficient (Wildman–Crippen LogP) is -0.579. The summed E-state index contributed by atoms with van der Waals surface area (Å²) in [7, 11) is -0.451. The van der Waals surface area contributed by atoms with Crippen LogP contribution in [0.15, 0.2) is 17.3 Å². The van der Waals surface area contributed by atoms with Gasteiger partial charge >= 0.3 is 0 Å². The van der Waals surface area contributed by atoms with Crippen LogP contribution in [0.2, 0.25) is 0 Å². The molecule has 0 radical (unpaired) electrons. The van der Waals surface area contributed by atoms with Gasteiger partial charge in [-0.15, -0.1) is 0 Å². The van der Waals surface area contributed by atoms with Gasteiger partial charge in [-0.25, -0.2) is 8.42 Å². The first kappa shape index (κ1) is 12.2. The molecule has 0 amide bonds. The second-order valence-corrected chi connectivity index (χ2v) is 5.53. The van der Waals surface area contributed by atoms with E-state index in [2.05, 4.69) is 5.10 Å². The molecule has 0 fully saturated rings. The zero-order valence-corrected chi connectivity index (χ0v) is 9.77. The van der Waals surface area contributed by atoms with Crippen molar-refractivity contribution >= 4 is 10.0 Å². The Morgan fingerprint density at radius 2 is 2.27 bits per heavy atom. The number of aryl methyl sites for hydroxylation is 1. The summed E-state index contributed by atoms with van der Waals surface area (Å²) in [5.41, 5.74) is 0. The summed E-state index contributed by atoms with van der Waals surface area (Å²) in [6, 6.07) is 0. The Labute approximate surface area is 89.2 Å². The molecule has 6 nitrogen and oxygen atoms in total. The summed E-state index contributed by atoms with van der Waals surface area (Å²) in [5.74, 6) is 0. The van der Waals surface area contributed by atoms with Crippen molar-refractivity contribution in [2.24, 2.45) is 7.05 Å². The Hall–Kier alpha value is -0.920. The molecule has 15 heavy (non-hydrogen) atoms. The number of rotatable bonds is 4. The van der Waals surface area contributed by atoms with Gasteiger partial charge in [-0.1, -0.05) is 0 Å². The van der Waals surface area contributed by atoms with E-state index in [9.17, 15) is 8.42 Å². The van der Waals surface area contributed by atoms with E-state index in [1.807, 2.05) is 0 Å². The number of likely N-dealkylation sites (N-methyl/N-ethyl adjacent to an activating group) is 1. The Balaban J connectivity index is 2.93. The molecular weight excluding hydrogens is 218 g/mol. The molecule has 0 aliphatic carbocycles. The van der Waals surface area contributed by atoms with Crippen molar-refractivity contribution in [3.05, 3.63) is 12.4 Å². The lowest BCUT2D eigenvalue weighted by Gasteiger charge is -2.17. The van der Waals surface area contributed by atoms with Crippen molar-refractivity contribution in [2.75, 3.05) is 13.6 Å². The molecule has 1 atom stereocenters. The van der Waals surface area contributed by atoms with Gasteiger partial charge in [0, 0.05) is 26.8 Å². The van der Waals surface area contributed by atoms with E-state index in [1.165, 1.54) is 31.0 Å². The molecule has 0 aliphatic rings. The molecule has 7 heteroatoms. The molecule has 1 N–H and O–H groups in total. The smallest absolute Gasteiger partial charge is 0.246 e. The second-order valence-electron chi connectivity index (χ2n) is 3.48. The van der Waals surface area contributed by atoms with Gasteiger partial charge < -0.3 is 5.11 Å². The average Bonchev–Trinajstić information content (AvgIpc) is 2.50. The Kier molecular flexibility index (Phi) is 3.48. The summed E-state index contributed by atoms with van der Waals surface area (Å²) >= 11 is 0. The normalized spacial score (nSPS) is 14.5. The van der Waals surface area contributed by atoms with Gasteiger partial charge in [0.1, 0.15) is 4.90 Å². The summed E-state index contributed by atoms with van der Waals surface area (Å²) in [4.78, 5) is 0.133. The van der Waals surface area contributed by atoms with Crippen LogP contribution in [0.5, 0.6) is 0 Å². The summed E-state index contributed by atoms with van der Waals surface area (Å²) in [6.07, 6.45) is 2.02. The van der Waals surface area contributed by atoms with E-state index in [0.717, 1.165) is 4.31 Å². The SMILES string of the molecule is CC(O)CN(C)S(=O)(=O)c1cnn(C)c1. The highest BCUT2D eigenvalue weighted by Gasteiger charge is 2.22. The minimum atomic E-state index is -3.52. The second kappa shape index (κ2) is 4.30. The van der Waals surface area contributed by atoms with E-state index in [-0.39, 0.29) is 11.4 Å². The lowest BCUT2D eigenvalue weighted by molar-refractivity contribution is 0.171. The van der Waals surface area contributed by atoms with Crippen LogP contribution >= 0.6 is 0 Å². The van der Waals surface area contributed by atoms with Crippen LogP contribution < -0.4 is 0 Å². The quantitative estimate of drug-likeness (QED) is 0.755. The highest BCUT2D eigenvalue weighted by Crippen LogP contribution is 2.12. The Morgan fingerprint density at radius 1 is 1.67 bits per heavy atom. The van der Waals surface area contributed by atoms with Crippen molar-refractivity contribution in [2.45, 2.75) is 17.9 Å². The maximum absolute atomic E-state index is 11.8. The largest absolute Gasteiger partial charge is 0.392 e. The average molecular weight is 233 g/mol. The number of aliphatic hydroxyl groups is 1. The van der Waals surface area contributed by atoms with E-state index in [4.69, 9.17) is 5.11 Å². The zero-order valence-electron chi connectivity index (χ0n) is 8.95. The first-order valence-corrected chi connectivity index (χ1v) is 5.91. The molecule has 0 saturated carbocycles. The molecule has 86 valence electrons. The van der Waals surface area contributed by atoms with Gasteiger partial charge in [0.15, 0.2) is 0 Å². The number of nitrogens with zero attached hydrogens (tertiary/aromatic N) is 3. The molecule has 0 bridgehead atoms. The van der Waals surface area contributed by atoms with Crippen molar-refractivity contribution in [1.82, 2.24) is 14.1 Å². The fourth-order valence-corrected chi connectivity index (χ4v) is 2.42. The van der Waals surface area contributed by atoms with Crippen molar-refractivity contribution in [1.29, 1.82) is 0 Å². The molecule has 0 aliphatic heterocycles. The van der Waals surface area contributed by atoms with E-state index in [0.29, 0.717) is 0 Å². The predicted molar refractivity (Wildman–Crippen MR) is 54.7 cm³/mol. The van der Waals surface area contributed by atoms with Crippen LogP contribution in [0.4, 0.5) is 0 Å². The fourth-order valence-electron chi connectivity index (χ4n) is 1.18. The minimum absolute atomic E-state index is 0.0667. The number of hydrogen-bond acceptors (Lipinski definition) is 4. The molecule has 0 spiro atoms. The lowest BCUT2D eigenvalue weighted by atomic mass is 10.4. The summed E-state index contributed by atoms with van der Waals surface area (Å²) < 4.78 is 26.2. The standard InChI is InChI=1S/C8H15N3O3S/c1-7(12)5-11(3)15(13,14)8-4-9-10(2)6-8/h4,6-7,12H,5H2,1-3H3. The van der Waals surface area contributed by atoms with Crippen LogP contribution in [-0.2, 0) is 17.1 Å². The molecule has 0 saturated heterocycles. The van der Waals surface area contributed by atoms with Gasteiger partial charge in [0.05, 0.1) is 12.3 Å². The third kappa shape index (κ3) is 2.77. The van der Waals surface area contributed by atoms with E-state index >= 15 is 0 Å². The first-order valence-electron chi connectivity index (χ1n) is 4.47. The van der Waals surface area contributed by atoms with Crippen LogP contribution in [0.25, 0.3) is 0 Å². The van der Waals surface area contributed by atoms with E-state index < -0.39 is 16.1 Å². The van der Waals surface area contributed by atoms with Gasteiger partial charge in [-0.05, 0) is 6.92 Å². The van der Waals surface area contributed by atoms with Gasteiger partial charge in [0.25, 0.3) is 0 Å². The molecule has 1 aromatic rings. The van der Waals surface area contributed by atoms with Crippen molar-refractivity contribution in [3.8, 4) is 0 Å². The number of hydrogen-bond donors (Lipinski definition) is 1. The highest BCUT2D eigenvalue weighted by atomic mass is 32.2. The van der Waals surface area contributed by atoms with Gasteiger partial charge in [-0.2, -0.15) is 9.40 Å². The van der Waals surface area contributed by atoms with Crippen LogP contribution in [-0.4, -0.2) is 47.3 Å². The summed E-state index contributed by atoms with van der Waals surface area (Å²) in [6.45, 7) is 1.60. The van der Waals surface area contributed by atoms with Crippen LogP contribution in [0.3, 0.4) is 0 Å². The lowest BCUT2D eigenvalue weighted by Crippen LogP contribution is -2.32. The number of sulfonamides is 1. The van der Waals surface area contributed by atoms with Gasteiger partial charge in [-0.3, -0.25) is 4.68 Å². The first-order chi connectivity index (χ1) is 6.84. The topological polar surface area (TPSA) is 75.4 Å². The maximum atomic E-state index is 11.8. The molecule has 1 rings (SSSR count). The number of aromatic nitrogens is 2. The Bertz CT molecular complexity index is 424. The fraction of sp³-hybridized carbons (Fsp3) is 0.625. The van der Waals surface area contributed by atoms with Crippen molar-refractivity contribution < 1.29 is 13.5 Å². The molecular formula is C8H15N3O3S. The molecule has 1 aromatic heterocycles. The van der Waals surface area contributed by atoms with E-state index in [1.54, 1.807) is 7.05 Å². The van der Waals surface area contributed by atoms with Crippen LogP contribution in [0.1, 0.15) is 6.92 Å².